The van der Waals surface area contributed by atoms with Crippen LogP contribution in [0.2, 0.25) is 0 Å². The number of rotatable bonds is 31. The zero-order valence-electron chi connectivity index (χ0n) is 29.2. The second-order valence-electron chi connectivity index (χ2n) is 13.2. The predicted octanol–water partition coefficient (Wildman–Crippen LogP) is 10.1. The monoisotopic (exact) mass is 633 g/mol. The Kier molecular flexibility index (Phi) is 26.9. The van der Waals surface area contributed by atoms with Crippen molar-refractivity contribution in [1.29, 1.82) is 0 Å². The molecule has 3 atom stereocenters. The molecule has 1 aliphatic rings. The smallest absolute Gasteiger partial charge is 0.306 e. The maximum Gasteiger partial charge on any atom is 0.306 e. The van der Waals surface area contributed by atoms with Crippen LogP contribution in [0.4, 0.5) is 0 Å². The van der Waals surface area contributed by atoms with Crippen molar-refractivity contribution < 1.29 is 28.9 Å². The Labute approximate surface area is 276 Å². The van der Waals surface area contributed by atoms with Crippen molar-refractivity contribution >= 4 is 11.9 Å². The third-order valence-corrected chi connectivity index (χ3v) is 8.27. The van der Waals surface area contributed by atoms with E-state index in [1.165, 1.54) is 77.0 Å². The molecule has 1 N–H and O–H groups in total. The zero-order chi connectivity index (χ0) is 32.8. The van der Waals surface area contributed by atoms with Crippen LogP contribution in [0.25, 0.3) is 0 Å². The highest BCUT2D eigenvalue weighted by Crippen LogP contribution is 2.29. The summed E-state index contributed by atoms with van der Waals surface area (Å²) in [5, 5.41) is 9.53. The van der Waals surface area contributed by atoms with Crippen LogP contribution >= 0.6 is 0 Å². The van der Waals surface area contributed by atoms with Crippen LogP contribution in [0.15, 0.2) is 36.5 Å². The van der Waals surface area contributed by atoms with Crippen LogP contribution in [0, 0.1) is 5.92 Å². The molecule has 0 radical (unpaired) electrons. The Morgan fingerprint density at radius 2 is 1.24 bits per heavy atom. The van der Waals surface area contributed by atoms with Gasteiger partial charge in [-0.2, -0.15) is 0 Å². The maximum absolute atomic E-state index is 12.1. The van der Waals surface area contributed by atoms with Gasteiger partial charge in [-0.05, 0) is 57.3 Å². The van der Waals surface area contributed by atoms with E-state index in [2.05, 4.69) is 57.2 Å². The summed E-state index contributed by atoms with van der Waals surface area (Å²) in [5.74, 6) is 0.158. The molecule has 0 aromatic rings. The highest BCUT2D eigenvalue weighted by atomic mass is 16.6. The fraction of sp³-hybridized carbons (Fsp3) is 0.795. The molecule has 6 nitrogen and oxygen atoms in total. The predicted molar refractivity (Wildman–Crippen MR) is 186 cm³/mol. The number of aliphatic hydroxyl groups is 1. The lowest BCUT2D eigenvalue weighted by molar-refractivity contribution is -0.161. The lowest BCUT2D eigenvalue weighted by Gasteiger charge is -2.15. The Balaban J connectivity index is 1.95. The number of hydrogen-bond acceptors (Lipinski definition) is 6. The van der Waals surface area contributed by atoms with Crippen molar-refractivity contribution in [2.75, 3.05) is 13.2 Å². The third-order valence-electron chi connectivity index (χ3n) is 8.27. The summed E-state index contributed by atoms with van der Waals surface area (Å²) < 4.78 is 16.3. The van der Waals surface area contributed by atoms with Crippen molar-refractivity contribution in [1.82, 2.24) is 0 Å². The van der Waals surface area contributed by atoms with E-state index in [0.717, 1.165) is 50.9 Å². The minimum Gasteiger partial charge on any atom is -0.462 e. The molecule has 1 heterocycles. The number of esters is 2. The quantitative estimate of drug-likeness (QED) is 0.0354. The molecule has 6 heteroatoms. The van der Waals surface area contributed by atoms with Crippen molar-refractivity contribution in [3.05, 3.63) is 36.5 Å². The molecule has 1 fully saturated rings. The van der Waals surface area contributed by atoms with Gasteiger partial charge in [-0.15, -0.1) is 0 Å². The molecule has 1 saturated heterocycles. The van der Waals surface area contributed by atoms with Gasteiger partial charge in [0.15, 0.2) is 6.10 Å². The Morgan fingerprint density at radius 3 is 1.89 bits per heavy atom. The van der Waals surface area contributed by atoms with Gasteiger partial charge >= 0.3 is 11.9 Å². The lowest BCUT2D eigenvalue weighted by Crippen LogP contribution is -2.28. The summed E-state index contributed by atoms with van der Waals surface area (Å²) in [6.07, 6.45) is 36.6. The van der Waals surface area contributed by atoms with Crippen molar-refractivity contribution in [3.8, 4) is 0 Å². The summed E-state index contributed by atoms with van der Waals surface area (Å²) in [6, 6.07) is 0. The molecule has 45 heavy (non-hydrogen) atoms. The second kappa shape index (κ2) is 29.5. The summed E-state index contributed by atoms with van der Waals surface area (Å²) in [7, 11) is 0. The minimum atomic E-state index is -0.802. The van der Waals surface area contributed by atoms with Gasteiger partial charge in [-0.25, -0.2) is 0 Å². The number of epoxide rings is 1. The average molecular weight is 633 g/mol. The van der Waals surface area contributed by atoms with Gasteiger partial charge in [0, 0.05) is 12.8 Å². The van der Waals surface area contributed by atoms with E-state index in [1.54, 1.807) is 0 Å². The Hall–Kier alpha value is -1.92. The largest absolute Gasteiger partial charge is 0.462 e. The van der Waals surface area contributed by atoms with E-state index in [1.807, 2.05) is 0 Å². The van der Waals surface area contributed by atoms with Crippen LogP contribution in [0.5, 0.6) is 0 Å². The molecule has 0 saturated carbocycles. The second-order valence-corrected chi connectivity index (χ2v) is 13.2. The number of hydrogen-bond donors (Lipinski definition) is 1. The number of aliphatic hydroxyl groups excluding tert-OH is 1. The fourth-order valence-electron chi connectivity index (χ4n) is 5.30. The SMILES string of the molecule is CCCCC/C=C\CC1OC1C/C=C\C/C=C\CCCC(=O)O[C@@H](CO)COC(=O)CCCCCCCCCCCCC(C)C. The molecule has 0 amide bonds. The highest BCUT2D eigenvalue weighted by Gasteiger charge is 2.35. The van der Waals surface area contributed by atoms with Gasteiger partial charge in [0.1, 0.15) is 6.61 Å². The van der Waals surface area contributed by atoms with Crippen molar-refractivity contribution in [2.45, 2.75) is 180 Å². The maximum atomic E-state index is 12.1. The first-order valence-corrected chi connectivity index (χ1v) is 18.5. The number of unbranched alkanes of at least 4 members (excludes halogenated alkanes) is 13. The third kappa shape index (κ3) is 27.0. The van der Waals surface area contributed by atoms with E-state index in [0.29, 0.717) is 25.0 Å². The van der Waals surface area contributed by atoms with Crippen LogP contribution in [0.3, 0.4) is 0 Å². The molecule has 0 spiro atoms. The summed E-state index contributed by atoms with van der Waals surface area (Å²) in [5.41, 5.74) is 0. The normalized spacial score (nSPS) is 17.2. The van der Waals surface area contributed by atoms with E-state index < -0.39 is 6.10 Å². The fourth-order valence-corrected chi connectivity index (χ4v) is 5.30. The first-order chi connectivity index (χ1) is 22.0. The number of allylic oxidation sites excluding steroid dienone is 4. The summed E-state index contributed by atoms with van der Waals surface area (Å²) in [4.78, 5) is 24.2. The van der Waals surface area contributed by atoms with Gasteiger partial charge in [0.2, 0.25) is 0 Å². The zero-order valence-corrected chi connectivity index (χ0v) is 29.2. The van der Waals surface area contributed by atoms with Gasteiger partial charge in [0.05, 0.1) is 18.8 Å². The minimum absolute atomic E-state index is 0.0904. The number of carbonyl (C=O) groups excluding carboxylic acids is 2. The average Bonchev–Trinajstić information content (AvgIpc) is 3.78. The summed E-state index contributed by atoms with van der Waals surface area (Å²) in [6.45, 7) is 6.37. The van der Waals surface area contributed by atoms with Crippen LogP contribution < -0.4 is 0 Å². The first-order valence-electron chi connectivity index (χ1n) is 18.5. The Bertz CT molecular complexity index is 801. The van der Waals surface area contributed by atoms with Gasteiger partial charge in [0.25, 0.3) is 0 Å². The highest BCUT2D eigenvalue weighted by molar-refractivity contribution is 5.70. The van der Waals surface area contributed by atoms with Crippen LogP contribution in [-0.2, 0) is 23.8 Å². The molecule has 0 bridgehead atoms. The number of carbonyl (C=O) groups is 2. The molecular weight excluding hydrogens is 564 g/mol. The molecular formula is C39H68O6. The Morgan fingerprint density at radius 1 is 0.689 bits per heavy atom. The lowest BCUT2D eigenvalue weighted by atomic mass is 10.0. The van der Waals surface area contributed by atoms with Crippen LogP contribution in [0.1, 0.15) is 162 Å². The van der Waals surface area contributed by atoms with E-state index >= 15 is 0 Å². The molecule has 0 aromatic heterocycles. The molecule has 2 unspecified atom stereocenters. The molecule has 0 aromatic carbocycles. The molecule has 1 aliphatic heterocycles. The molecule has 1 rings (SSSR count). The van der Waals surface area contributed by atoms with Gasteiger partial charge in [-0.3, -0.25) is 9.59 Å². The number of ether oxygens (including phenoxy) is 3. The molecule has 0 aliphatic carbocycles. The van der Waals surface area contributed by atoms with Crippen molar-refractivity contribution in [3.63, 3.8) is 0 Å². The topological polar surface area (TPSA) is 85.4 Å². The van der Waals surface area contributed by atoms with Gasteiger partial charge < -0.3 is 19.3 Å². The van der Waals surface area contributed by atoms with E-state index in [4.69, 9.17) is 14.2 Å². The van der Waals surface area contributed by atoms with Gasteiger partial charge in [-0.1, -0.05) is 134 Å². The van der Waals surface area contributed by atoms with E-state index in [-0.39, 0.29) is 31.6 Å². The standard InChI is InChI=1S/C39H68O6/c1-4-5-6-7-18-23-28-36-37(45-36)29-24-19-14-12-16-21-26-31-39(42)44-35(32-40)33-43-38(41)30-25-20-15-11-9-8-10-13-17-22-27-34(2)3/h12,16,18-19,23-24,34-37,40H,4-11,13-15,17,20-22,25-33H2,1-3H3/b16-12-,23-18-,24-19-/t35-,36?,37?/m0/s1. The first kappa shape index (κ1) is 41.1. The molecule has 260 valence electrons. The summed E-state index contributed by atoms with van der Waals surface area (Å²) >= 11 is 0. The van der Waals surface area contributed by atoms with Crippen LogP contribution in [-0.4, -0.2) is 48.6 Å². The van der Waals surface area contributed by atoms with E-state index in [9.17, 15) is 14.7 Å². The van der Waals surface area contributed by atoms with Crippen molar-refractivity contribution in [2.24, 2.45) is 5.92 Å².